The molecule has 1 aromatic heterocycles. The third-order valence-electron chi connectivity index (χ3n) is 3.19. The lowest BCUT2D eigenvalue weighted by Gasteiger charge is -2.09. The minimum Gasteiger partial charge on any atom is -0.487 e. The predicted octanol–water partition coefficient (Wildman–Crippen LogP) is 4.87. The van der Waals surface area contributed by atoms with E-state index in [0.29, 0.717) is 5.75 Å². The molecule has 0 aliphatic rings. The minimum absolute atomic E-state index is 0.0560. The molecule has 3 nitrogen and oxygen atoms in total. The molecule has 0 saturated carbocycles. The molecular weight excluding hydrogens is 319 g/mol. The van der Waals surface area contributed by atoms with Crippen LogP contribution in [-0.4, -0.2) is 4.98 Å². The molecule has 0 bridgehead atoms. The predicted molar refractivity (Wildman–Crippen MR) is 81.4 cm³/mol. The van der Waals surface area contributed by atoms with Crippen LogP contribution in [0, 0.1) is 17.5 Å². The number of para-hydroxylation sites is 1. The van der Waals surface area contributed by atoms with Crippen molar-refractivity contribution in [3.63, 3.8) is 0 Å². The van der Waals surface area contributed by atoms with E-state index in [1.165, 1.54) is 36.5 Å². The molecule has 0 unspecified atom stereocenters. The number of hydrogen-bond donors (Lipinski definition) is 0. The van der Waals surface area contributed by atoms with Crippen molar-refractivity contribution in [2.45, 2.75) is 6.61 Å². The van der Waals surface area contributed by atoms with Crippen LogP contribution >= 0.6 is 0 Å². The quantitative estimate of drug-likeness (QED) is 0.668. The molecule has 3 rings (SSSR count). The van der Waals surface area contributed by atoms with Crippen LogP contribution in [0.2, 0.25) is 0 Å². The number of aromatic nitrogens is 1. The SMILES string of the molecule is Fc1ccccc1Oc1ccc(OCc2cccc(F)c2F)cn1. The third kappa shape index (κ3) is 3.65. The minimum atomic E-state index is -0.940. The van der Waals surface area contributed by atoms with Crippen molar-refractivity contribution in [1.82, 2.24) is 4.98 Å². The van der Waals surface area contributed by atoms with E-state index in [1.54, 1.807) is 18.2 Å². The highest BCUT2D eigenvalue weighted by molar-refractivity contribution is 5.30. The number of nitrogens with zero attached hydrogens (tertiary/aromatic N) is 1. The summed E-state index contributed by atoms with van der Waals surface area (Å²) in [5, 5.41) is 0. The molecule has 0 atom stereocenters. The van der Waals surface area contributed by atoms with Crippen molar-refractivity contribution in [1.29, 1.82) is 0 Å². The van der Waals surface area contributed by atoms with Gasteiger partial charge in [-0.3, -0.25) is 0 Å². The Morgan fingerprint density at radius 1 is 0.833 bits per heavy atom. The van der Waals surface area contributed by atoms with E-state index >= 15 is 0 Å². The monoisotopic (exact) mass is 331 g/mol. The Hall–Kier alpha value is -3.02. The average Bonchev–Trinajstić information content (AvgIpc) is 2.59. The maximum Gasteiger partial charge on any atom is 0.219 e. The van der Waals surface area contributed by atoms with Crippen molar-refractivity contribution in [2.75, 3.05) is 0 Å². The number of halogens is 3. The summed E-state index contributed by atoms with van der Waals surface area (Å²) in [5.74, 6) is -1.78. The number of hydrogen-bond acceptors (Lipinski definition) is 3. The van der Waals surface area contributed by atoms with Gasteiger partial charge < -0.3 is 9.47 Å². The first-order valence-corrected chi connectivity index (χ1v) is 7.07. The number of pyridine rings is 1. The van der Waals surface area contributed by atoms with Crippen molar-refractivity contribution in [3.05, 3.63) is 83.8 Å². The summed E-state index contributed by atoms with van der Waals surface area (Å²) in [7, 11) is 0. The summed E-state index contributed by atoms with van der Waals surface area (Å²) in [6, 6.07) is 12.9. The van der Waals surface area contributed by atoms with E-state index in [2.05, 4.69) is 4.98 Å². The van der Waals surface area contributed by atoms with Crippen molar-refractivity contribution in [2.24, 2.45) is 0 Å². The van der Waals surface area contributed by atoms with Crippen LogP contribution in [0.15, 0.2) is 60.8 Å². The second kappa shape index (κ2) is 7.04. The van der Waals surface area contributed by atoms with Crippen LogP contribution in [0.25, 0.3) is 0 Å². The molecule has 0 N–H and O–H groups in total. The maximum atomic E-state index is 13.5. The normalized spacial score (nSPS) is 10.5. The molecule has 0 aliphatic carbocycles. The van der Waals surface area contributed by atoms with E-state index in [4.69, 9.17) is 9.47 Å². The number of rotatable bonds is 5. The largest absolute Gasteiger partial charge is 0.487 e. The molecule has 0 saturated heterocycles. The van der Waals surface area contributed by atoms with Gasteiger partial charge in [-0.25, -0.2) is 18.2 Å². The van der Waals surface area contributed by atoms with Gasteiger partial charge in [0.05, 0.1) is 6.20 Å². The first kappa shape index (κ1) is 15.9. The van der Waals surface area contributed by atoms with E-state index in [9.17, 15) is 13.2 Å². The molecule has 1 heterocycles. The molecule has 6 heteroatoms. The maximum absolute atomic E-state index is 13.5. The lowest BCUT2D eigenvalue weighted by Crippen LogP contribution is -2.00. The Morgan fingerprint density at radius 3 is 2.38 bits per heavy atom. The first-order valence-electron chi connectivity index (χ1n) is 7.07. The first-order chi connectivity index (χ1) is 11.6. The second-order valence-corrected chi connectivity index (χ2v) is 4.87. The second-order valence-electron chi connectivity index (χ2n) is 4.87. The molecule has 3 aromatic rings. The van der Waals surface area contributed by atoms with Crippen LogP contribution in [0.3, 0.4) is 0 Å². The molecule has 0 fully saturated rings. The fourth-order valence-electron chi connectivity index (χ4n) is 1.97. The summed E-state index contributed by atoms with van der Waals surface area (Å²) >= 11 is 0. The van der Waals surface area contributed by atoms with Gasteiger partial charge in [-0.1, -0.05) is 24.3 Å². The van der Waals surface area contributed by atoms with E-state index in [0.717, 1.165) is 6.07 Å². The van der Waals surface area contributed by atoms with Gasteiger partial charge in [-0.15, -0.1) is 0 Å². The Labute approximate surface area is 136 Å². The van der Waals surface area contributed by atoms with Gasteiger partial charge >= 0.3 is 0 Å². The van der Waals surface area contributed by atoms with Crippen molar-refractivity contribution < 1.29 is 22.6 Å². The molecule has 122 valence electrons. The van der Waals surface area contributed by atoms with E-state index in [1.807, 2.05) is 0 Å². The fourth-order valence-corrected chi connectivity index (χ4v) is 1.97. The Kier molecular flexibility index (Phi) is 4.65. The van der Waals surface area contributed by atoms with Crippen LogP contribution in [-0.2, 0) is 6.61 Å². The Morgan fingerprint density at radius 2 is 1.62 bits per heavy atom. The van der Waals surface area contributed by atoms with Gasteiger partial charge in [0.2, 0.25) is 5.88 Å². The summed E-state index contributed by atoms with van der Waals surface area (Å²) in [5.41, 5.74) is 0.0988. The highest BCUT2D eigenvalue weighted by Gasteiger charge is 2.09. The number of benzene rings is 2. The summed E-state index contributed by atoms with van der Waals surface area (Å²) in [4.78, 5) is 3.99. The zero-order chi connectivity index (χ0) is 16.9. The molecule has 0 aliphatic heterocycles. The van der Waals surface area contributed by atoms with Crippen LogP contribution < -0.4 is 9.47 Å². The van der Waals surface area contributed by atoms with Crippen LogP contribution in [0.4, 0.5) is 13.2 Å². The molecule has 0 amide bonds. The zero-order valence-electron chi connectivity index (χ0n) is 12.4. The lowest BCUT2D eigenvalue weighted by molar-refractivity contribution is 0.295. The fraction of sp³-hybridized carbons (Fsp3) is 0.0556. The third-order valence-corrected chi connectivity index (χ3v) is 3.19. The Bertz CT molecular complexity index is 838. The van der Waals surface area contributed by atoms with Crippen LogP contribution in [0.5, 0.6) is 17.4 Å². The Balaban J connectivity index is 1.64. The molecule has 0 radical (unpaired) electrons. The average molecular weight is 331 g/mol. The summed E-state index contributed by atoms with van der Waals surface area (Å²) in [6.45, 7) is -0.140. The van der Waals surface area contributed by atoms with Crippen molar-refractivity contribution in [3.8, 4) is 17.4 Å². The van der Waals surface area contributed by atoms with Gasteiger partial charge in [0.1, 0.15) is 12.4 Å². The van der Waals surface area contributed by atoms with Gasteiger partial charge in [0.15, 0.2) is 23.2 Å². The van der Waals surface area contributed by atoms with E-state index in [-0.39, 0.29) is 23.8 Å². The standard InChI is InChI=1S/C18H12F3NO2/c19-14-5-1-2-7-16(14)24-17-9-8-13(10-22-17)23-11-12-4-3-6-15(20)18(12)21/h1-10H,11H2. The number of ether oxygens (including phenoxy) is 2. The van der Waals surface area contributed by atoms with Gasteiger partial charge in [-0.2, -0.15) is 0 Å². The van der Waals surface area contributed by atoms with E-state index < -0.39 is 17.5 Å². The summed E-state index contributed by atoms with van der Waals surface area (Å²) < 4.78 is 50.8. The van der Waals surface area contributed by atoms with Gasteiger partial charge in [0.25, 0.3) is 0 Å². The molecule has 24 heavy (non-hydrogen) atoms. The molecular formula is C18H12F3NO2. The highest BCUT2D eigenvalue weighted by Crippen LogP contribution is 2.24. The topological polar surface area (TPSA) is 31.4 Å². The molecule has 2 aromatic carbocycles. The van der Waals surface area contributed by atoms with Gasteiger partial charge in [-0.05, 0) is 24.3 Å². The van der Waals surface area contributed by atoms with Gasteiger partial charge in [0, 0.05) is 11.6 Å². The zero-order valence-corrected chi connectivity index (χ0v) is 12.4. The van der Waals surface area contributed by atoms with Crippen LogP contribution in [0.1, 0.15) is 5.56 Å². The molecule has 0 spiro atoms. The smallest absolute Gasteiger partial charge is 0.219 e. The van der Waals surface area contributed by atoms with Crippen molar-refractivity contribution >= 4 is 0 Å². The summed E-state index contributed by atoms with van der Waals surface area (Å²) in [6.07, 6.45) is 1.35. The highest BCUT2D eigenvalue weighted by atomic mass is 19.2. The lowest BCUT2D eigenvalue weighted by atomic mass is 10.2.